The molecule has 2 rings (SSSR count). The fourth-order valence-electron chi connectivity index (χ4n) is 1.48. The zero-order valence-electron chi connectivity index (χ0n) is 8.50. The van der Waals surface area contributed by atoms with Crippen molar-refractivity contribution in [1.82, 2.24) is 0 Å². The highest BCUT2D eigenvalue weighted by molar-refractivity contribution is 7.89. The van der Waals surface area contributed by atoms with Crippen LogP contribution in [0.25, 0.3) is 11.1 Å². The van der Waals surface area contributed by atoms with Crippen LogP contribution in [0.2, 0.25) is 0 Å². The van der Waals surface area contributed by atoms with Crippen LogP contribution >= 0.6 is 0 Å². The van der Waals surface area contributed by atoms with Gasteiger partial charge >= 0.3 is 0 Å². The molecule has 0 aliphatic heterocycles. The minimum absolute atomic E-state index is 0.133. The largest absolute Gasteiger partial charge is 0.238 e. The Labute approximate surface area is 94.6 Å². The second kappa shape index (κ2) is 4.08. The molecule has 0 heterocycles. The summed E-state index contributed by atoms with van der Waals surface area (Å²) in [4.78, 5) is 0.133. The predicted octanol–water partition coefficient (Wildman–Crippen LogP) is 2.00. The third-order valence-corrected chi connectivity index (χ3v) is 3.18. The van der Waals surface area contributed by atoms with Crippen molar-refractivity contribution in [1.29, 1.82) is 0 Å². The fourth-order valence-corrected chi connectivity index (χ4v) is 2.04. The summed E-state index contributed by atoms with van der Waals surface area (Å²) in [5.41, 5.74) is 1.81. The minimum Gasteiger partial charge on any atom is -0.225 e. The SMILES string of the molecule is NS(=O)(=O)c1cccc(-c2ccccc2)c1. The van der Waals surface area contributed by atoms with Gasteiger partial charge in [-0.15, -0.1) is 0 Å². The van der Waals surface area contributed by atoms with E-state index in [0.29, 0.717) is 0 Å². The van der Waals surface area contributed by atoms with Crippen LogP contribution in [0.15, 0.2) is 59.5 Å². The van der Waals surface area contributed by atoms with Crippen molar-refractivity contribution in [3.8, 4) is 11.1 Å². The molecule has 0 amide bonds. The lowest BCUT2D eigenvalue weighted by molar-refractivity contribution is 0.598. The van der Waals surface area contributed by atoms with Gasteiger partial charge in [0.05, 0.1) is 4.90 Å². The van der Waals surface area contributed by atoms with Crippen LogP contribution in [-0.2, 0) is 10.0 Å². The van der Waals surface area contributed by atoms with Crippen LogP contribution in [0, 0.1) is 0 Å². The topological polar surface area (TPSA) is 60.2 Å². The van der Waals surface area contributed by atoms with Crippen molar-refractivity contribution in [3.05, 3.63) is 54.6 Å². The normalized spacial score (nSPS) is 11.3. The van der Waals surface area contributed by atoms with E-state index in [0.717, 1.165) is 11.1 Å². The molecule has 0 saturated carbocycles. The molecule has 3 nitrogen and oxygen atoms in total. The zero-order chi connectivity index (χ0) is 11.6. The molecule has 0 spiro atoms. The molecular formula is C12H11NO2S. The van der Waals surface area contributed by atoms with Crippen LogP contribution in [0.5, 0.6) is 0 Å². The predicted molar refractivity (Wildman–Crippen MR) is 63.3 cm³/mol. The van der Waals surface area contributed by atoms with Crippen molar-refractivity contribution >= 4 is 10.0 Å². The third kappa shape index (κ3) is 2.29. The summed E-state index contributed by atoms with van der Waals surface area (Å²) in [6, 6.07) is 16.1. The van der Waals surface area contributed by atoms with Gasteiger partial charge < -0.3 is 0 Å². The molecule has 16 heavy (non-hydrogen) atoms. The second-order valence-corrected chi connectivity index (χ2v) is 5.00. The van der Waals surface area contributed by atoms with Gasteiger partial charge in [-0.3, -0.25) is 0 Å². The van der Waals surface area contributed by atoms with Gasteiger partial charge in [0, 0.05) is 0 Å². The number of rotatable bonds is 2. The quantitative estimate of drug-likeness (QED) is 0.862. The Morgan fingerprint density at radius 3 is 2.06 bits per heavy atom. The van der Waals surface area contributed by atoms with Crippen molar-refractivity contribution in [2.24, 2.45) is 5.14 Å². The van der Waals surface area contributed by atoms with Gasteiger partial charge in [0.25, 0.3) is 0 Å². The van der Waals surface area contributed by atoms with Crippen molar-refractivity contribution in [2.45, 2.75) is 4.90 Å². The molecule has 2 aromatic carbocycles. The third-order valence-electron chi connectivity index (χ3n) is 2.27. The minimum atomic E-state index is -3.63. The van der Waals surface area contributed by atoms with Gasteiger partial charge in [-0.2, -0.15) is 0 Å². The summed E-state index contributed by atoms with van der Waals surface area (Å²) in [6.45, 7) is 0. The smallest absolute Gasteiger partial charge is 0.225 e. The summed E-state index contributed by atoms with van der Waals surface area (Å²) in [5, 5.41) is 5.08. The Balaban J connectivity index is 2.53. The lowest BCUT2D eigenvalue weighted by Gasteiger charge is -2.03. The Kier molecular flexibility index (Phi) is 2.77. The lowest BCUT2D eigenvalue weighted by Crippen LogP contribution is -2.11. The fraction of sp³-hybridized carbons (Fsp3) is 0. The molecule has 0 radical (unpaired) electrons. The van der Waals surface area contributed by atoms with E-state index >= 15 is 0 Å². The molecule has 2 N–H and O–H groups in total. The molecule has 82 valence electrons. The van der Waals surface area contributed by atoms with Crippen molar-refractivity contribution < 1.29 is 8.42 Å². The van der Waals surface area contributed by atoms with E-state index in [4.69, 9.17) is 5.14 Å². The van der Waals surface area contributed by atoms with E-state index in [1.54, 1.807) is 12.1 Å². The average Bonchev–Trinajstić information content (AvgIpc) is 2.29. The molecular weight excluding hydrogens is 222 g/mol. The maximum atomic E-state index is 11.2. The summed E-state index contributed by atoms with van der Waals surface area (Å²) in [5.74, 6) is 0. The molecule has 0 atom stereocenters. The van der Waals surface area contributed by atoms with Crippen LogP contribution in [0.4, 0.5) is 0 Å². The van der Waals surface area contributed by atoms with Gasteiger partial charge in [0.1, 0.15) is 0 Å². The first kappa shape index (κ1) is 10.9. The molecule has 0 aromatic heterocycles. The Morgan fingerprint density at radius 2 is 1.44 bits per heavy atom. The summed E-state index contributed by atoms with van der Waals surface area (Å²) in [7, 11) is -3.63. The van der Waals surface area contributed by atoms with E-state index in [2.05, 4.69) is 0 Å². The Morgan fingerprint density at radius 1 is 0.812 bits per heavy atom. The second-order valence-electron chi connectivity index (χ2n) is 3.44. The monoisotopic (exact) mass is 233 g/mol. The molecule has 0 aliphatic carbocycles. The molecule has 0 aliphatic rings. The molecule has 0 bridgehead atoms. The summed E-state index contributed by atoms with van der Waals surface area (Å²) in [6.07, 6.45) is 0. The van der Waals surface area contributed by atoms with Crippen LogP contribution in [-0.4, -0.2) is 8.42 Å². The Hall–Kier alpha value is -1.65. The van der Waals surface area contributed by atoms with Crippen LogP contribution in [0.1, 0.15) is 0 Å². The number of sulfonamides is 1. The lowest BCUT2D eigenvalue weighted by atomic mass is 10.1. The molecule has 0 unspecified atom stereocenters. The first-order chi connectivity index (χ1) is 7.57. The van der Waals surface area contributed by atoms with E-state index in [-0.39, 0.29) is 4.90 Å². The van der Waals surface area contributed by atoms with E-state index in [1.165, 1.54) is 6.07 Å². The van der Waals surface area contributed by atoms with Crippen LogP contribution in [0.3, 0.4) is 0 Å². The van der Waals surface area contributed by atoms with Gasteiger partial charge in [0.15, 0.2) is 0 Å². The highest BCUT2D eigenvalue weighted by Crippen LogP contribution is 2.21. The highest BCUT2D eigenvalue weighted by Gasteiger charge is 2.08. The number of hydrogen-bond donors (Lipinski definition) is 1. The van der Waals surface area contributed by atoms with E-state index in [9.17, 15) is 8.42 Å². The molecule has 2 aromatic rings. The molecule has 0 fully saturated rings. The summed E-state index contributed by atoms with van der Waals surface area (Å²) < 4.78 is 22.4. The first-order valence-corrected chi connectivity index (χ1v) is 6.30. The Bertz CT molecular complexity index is 591. The van der Waals surface area contributed by atoms with Crippen molar-refractivity contribution in [2.75, 3.05) is 0 Å². The van der Waals surface area contributed by atoms with Gasteiger partial charge in [-0.1, -0.05) is 42.5 Å². The molecule has 0 saturated heterocycles. The first-order valence-electron chi connectivity index (χ1n) is 4.76. The summed E-state index contributed by atoms with van der Waals surface area (Å²) >= 11 is 0. The number of benzene rings is 2. The van der Waals surface area contributed by atoms with E-state index in [1.807, 2.05) is 36.4 Å². The number of nitrogens with two attached hydrogens (primary N) is 1. The maximum Gasteiger partial charge on any atom is 0.238 e. The van der Waals surface area contributed by atoms with Crippen LogP contribution < -0.4 is 5.14 Å². The van der Waals surface area contributed by atoms with Gasteiger partial charge in [-0.05, 0) is 23.3 Å². The highest BCUT2D eigenvalue weighted by atomic mass is 32.2. The standard InChI is InChI=1S/C12H11NO2S/c13-16(14,15)12-8-4-7-11(9-12)10-5-2-1-3-6-10/h1-9H,(H2,13,14,15). The molecule has 4 heteroatoms. The van der Waals surface area contributed by atoms with Crippen molar-refractivity contribution in [3.63, 3.8) is 0 Å². The van der Waals surface area contributed by atoms with Gasteiger partial charge in [-0.25, -0.2) is 13.6 Å². The number of primary sulfonamides is 1. The van der Waals surface area contributed by atoms with Gasteiger partial charge in [0.2, 0.25) is 10.0 Å². The maximum absolute atomic E-state index is 11.2. The average molecular weight is 233 g/mol. The number of hydrogen-bond acceptors (Lipinski definition) is 2. The van der Waals surface area contributed by atoms with E-state index < -0.39 is 10.0 Å². The zero-order valence-corrected chi connectivity index (χ0v) is 9.31.